The number of anilines is 1. The van der Waals surface area contributed by atoms with Crippen LogP contribution in [0.15, 0.2) is 39.0 Å². The van der Waals surface area contributed by atoms with E-state index < -0.39 is 10.0 Å². The van der Waals surface area contributed by atoms with Crippen molar-refractivity contribution in [1.29, 1.82) is 0 Å². The molecule has 8 nitrogen and oxygen atoms in total. The molecule has 1 amide bonds. The Labute approximate surface area is 197 Å². The molecular weight excluding hydrogens is 507 g/mol. The first-order valence-electron chi connectivity index (χ1n) is 9.09. The van der Waals surface area contributed by atoms with Crippen LogP contribution in [0.4, 0.5) is 6.01 Å². The molecular formula is C18H15Cl3N4O4S2. The Kier molecular flexibility index (Phi) is 6.57. The van der Waals surface area contributed by atoms with Crippen molar-refractivity contribution in [3.05, 3.63) is 44.7 Å². The summed E-state index contributed by atoms with van der Waals surface area (Å²) < 4.78 is 32.8. The predicted molar refractivity (Wildman–Crippen MR) is 119 cm³/mol. The van der Waals surface area contributed by atoms with E-state index in [1.807, 2.05) is 0 Å². The van der Waals surface area contributed by atoms with E-state index in [1.165, 1.54) is 10.4 Å². The molecule has 3 aromatic rings. The number of piperidine rings is 1. The van der Waals surface area contributed by atoms with Gasteiger partial charge in [-0.3, -0.25) is 10.1 Å². The van der Waals surface area contributed by atoms with Gasteiger partial charge in [0.25, 0.3) is 10.0 Å². The minimum Gasteiger partial charge on any atom is -0.403 e. The summed E-state index contributed by atoms with van der Waals surface area (Å²) in [6.45, 7) is 0.456. The zero-order chi connectivity index (χ0) is 22.2. The molecule has 1 aliphatic heterocycles. The number of nitrogens with one attached hydrogen (secondary N) is 1. The van der Waals surface area contributed by atoms with Crippen molar-refractivity contribution in [1.82, 2.24) is 14.5 Å². The van der Waals surface area contributed by atoms with E-state index >= 15 is 0 Å². The van der Waals surface area contributed by atoms with Crippen molar-refractivity contribution in [2.24, 2.45) is 5.92 Å². The summed E-state index contributed by atoms with van der Waals surface area (Å²) in [4.78, 5) is 12.6. The standard InChI is InChI=1S/C18H15Cl3N4O4S2/c19-12-7-11(8-13(20)9-12)17-23-24-18(29-17)22-16(26)10-3-5-25(6-4-10)31(27,28)15-2-1-14(21)30-15/h1-2,7-10H,3-6H2,(H,22,24,26). The lowest BCUT2D eigenvalue weighted by Crippen LogP contribution is -2.41. The highest BCUT2D eigenvalue weighted by Gasteiger charge is 2.33. The topological polar surface area (TPSA) is 105 Å². The van der Waals surface area contributed by atoms with E-state index in [2.05, 4.69) is 15.5 Å². The van der Waals surface area contributed by atoms with Gasteiger partial charge in [0.05, 0.1) is 4.34 Å². The Balaban J connectivity index is 1.37. The van der Waals surface area contributed by atoms with E-state index in [1.54, 1.807) is 24.3 Å². The number of rotatable bonds is 5. The van der Waals surface area contributed by atoms with Crippen molar-refractivity contribution in [3.8, 4) is 11.5 Å². The van der Waals surface area contributed by atoms with Crippen LogP contribution in [0.1, 0.15) is 12.8 Å². The van der Waals surface area contributed by atoms with Gasteiger partial charge >= 0.3 is 6.01 Å². The third kappa shape index (κ3) is 5.05. The summed E-state index contributed by atoms with van der Waals surface area (Å²) in [5.74, 6) is -0.528. The van der Waals surface area contributed by atoms with Crippen molar-refractivity contribution >= 4 is 68.1 Å². The first-order chi connectivity index (χ1) is 14.7. The Morgan fingerprint density at radius 3 is 2.39 bits per heavy atom. The quantitative estimate of drug-likeness (QED) is 0.517. The van der Waals surface area contributed by atoms with Gasteiger partial charge in [-0.25, -0.2) is 8.42 Å². The number of hydrogen-bond donors (Lipinski definition) is 1. The molecule has 0 bridgehead atoms. The van der Waals surface area contributed by atoms with Gasteiger partial charge < -0.3 is 4.42 Å². The number of halogens is 3. The number of thiophene rings is 1. The number of carbonyl (C=O) groups is 1. The second kappa shape index (κ2) is 9.05. The lowest BCUT2D eigenvalue weighted by molar-refractivity contribution is -0.121. The van der Waals surface area contributed by atoms with Crippen molar-refractivity contribution in [3.63, 3.8) is 0 Å². The van der Waals surface area contributed by atoms with Crippen LogP contribution in [-0.4, -0.2) is 41.9 Å². The Morgan fingerprint density at radius 1 is 1.10 bits per heavy atom. The molecule has 31 heavy (non-hydrogen) atoms. The van der Waals surface area contributed by atoms with E-state index in [0.29, 0.717) is 32.8 Å². The molecule has 1 saturated heterocycles. The largest absolute Gasteiger partial charge is 0.403 e. The third-order valence-electron chi connectivity index (χ3n) is 4.73. The van der Waals surface area contributed by atoms with Crippen LogP contribution < -0.4 is 5.32 Å². The number of carbonyl (C=O) groups excluding carboxylic acids is 1. The summed E-state index contributed by atoms with van der Waals surface area (Å²) >= 11 is 18.8. The minimum absolute atomic E-state index is 0.0561. The molecule has 164 valence electrons. The minimum atomic E-state index is -3.61. The molecule has 0 aliphatic carbocycles. The third-order valence-corrected chi connectivity index (χ3v) is 8.77. The highest BCUT2D eigenvalue weighted by Crippen LogP contribution is 2.31. The Morgan fingerprint density at radius 2 is 1.77 bits per heavy atom. The summed E-state index contributed by atoms with van der Waals surface area (Å²) in [6.07, 6.45) is 0.740. The molecule has 1 aromatic carbocycles. The number of aromatic nitrogens is 2. The SMILES string of the molecule is O=C(Nc1nnc(-c2cc(Cl)cc(Cl)c2)o1)C1CCN(S(=O)(=O)c2ccc(Cl)s2)CC1. The average molecular weight is 522 g/mol. The van der Waals surface area contributed by atoms with Crippen LogP contribution in [0.5, 0.6) is 0 Å². The second-order valence-corrected chi connectivity index (χ2v) is 11.5. The van der Waals surface area contributed by atoms with Gasteiger partial charge in [0.15, 0.2) is 0 Å². The van der Waals surface area contributed by atoms with Gasteiger partial charge in [-0.05, 0) is 43.2 Å². The maximum atomic E-state index is 12.7. The zero-order valence-corrected chi connectivity index (χ0v) is 19.6. The van der Waals surface area contributed by atoms with E-state index in [9.17, 15) is 13.2 Å². The molecule has 3 heterocycles. The van der Waals surface area contributed by atoms with Crippen LogP contribution in [-0.2, 0) is 14.8 Å². The first-order valence-corrected chi connectivity index (χ1v) is 12.5. The molecule has 13 heteroatoms. The van der Waals surface area contributed by atoms with Crippen LogP contribution in [0.25, 0.3) is 11.5 Å². The van der Waals surface area contributed by atoms with Crippen LogP contribution in [0.2, 0.25) is 14.4 Å². The van der Waals surface area contributed by atoms with Crippen LogP contribution in [0, 0.1) is 5.92 Å². The lowest BCUT2D eigenvalue weighted by atomic mass is 9.97. The number of amides is 1. The fourth-order valence-corrected chi connectivity index (χ4v) is 6.83. The van der Waals surface area contributed by atoms with Crippen molar-refractivity contribution < 1.29 is 17.6 Å². The summed E-state index contributed by atoms with van der Waals surface area (Å²) in [7, 11) is -3.61. The van der Waals surface area contributed by atoms with Crippen LogP contribution >= 0.6 is 46.1 Å². The maximum absolute atomic E-state index is 12.7. The molecule has 0 saturated carbocycles. The monoisotopic (exact) mass is 520 g/mol. The fourth-order valence-electron chi connectivity index (χ4n) is 3.20. The number of benzene rings is 1. The van der Waals surface area contributed by atoms with Crippen molar-refractivity contribution in [2.45, 2.75) is 17.1 Å². The smallest absolute Gasteiger partial charge is 0.322 e. The number of hydrogen-bond acceptors (Lipinski definition) is 7. The average Bonchev–Trinajstić information content (AvgIpc) is 3.37. The van der Waals surface area contributed by atoms with Gasteiger partial charge in [0, 0.05) is 34.6 Å². The Hall–Kier alpha value is -1.69. The van der Waals surface area contributed by atoms with Crippen molar-refractivity contribution in [2.75, 3.05) is 18.4 Å². The maximum Gasteiger partial charge on any atom is 0.322 e. The molecule has 0 atom stereocenters. The molecule has 1 N–H and O–H groups in total. The van der Waals surface area contributed by atoms with Gasteiger partial charge in [-0.2, -0.15) is 4.31 Å². The second-order valence-electron chi connectivity index (χ2n) is 6.80. The zero-order valence-electron chi connectivity index (χ0n) is 15.7. The van der Waals surface area contributed by atoms with Gasteiger partial charge in [0.1, 0.15) is 4.21 Å². The van der Waals surface area contributed by atoms with Gasteiger partial charge in [-0.15, -0.1) is 16.4 Å². The molecule has 4 rings (SSSR count). The fraction of sp³-hybridized carbons (Fsp3) is 0.278. The molecule has 0 unspecified atom stereocenters. The molecule has 0 spiro atoms. The van der Waals surface area contributed by atoms with E-state index in [0.717, 1.165) is 11.3 Å². The van der Waals surface area contributed by atoms with E-state index in [-0.39, 0.29) is 41.0 Å². The predicted octanol–water partition coefficient (Wildman–Crippen LogP) is 4.80. The van der Waals surface area contributed by atoms with E-state index in [4.69, 9.17) is 39.2 Å². The highest BCUT2D eigenvalue weighted by molar-refractivity contribution is 7.91. The number of nitrogens with zero attached hydrogens (tertiary/aromatic N) is 3. The highest BCUT2D eigenvalue weighted by atomic mass is 35.5. The summed E-state index contributed by atoms with van der Waals surface area (Å²) in [5.41, 5.74) is 0.526. The van der Waals surface area contributed by atoms with Gasteiger partial charge in [-0.1, -0.05) is 39.9 Å². The van der Waals surface area contributed by atoms with Crippen LogP contribution in [0.3, 0.4) is 0 Å². The van der Waals surface area contributed by atoms with Gasteiger partial charge in [0.2, 0.25) is 11.8 Å². The normalized spacial score (nSPS) is 15.8. The molecule has 0 radical (unpaired) electrons. The molecule has 2 aromatic heterocycles. The lowest BCUT2D eigenvalue weighted by Gasteiger charge is -2.29. The Bertz CT molecular complexity index is 1200. The summed E-state index contributed by atoms with van der Waals surface area (Å²) in [5, 5.41) is 11.2. The summed E-state index contributed by atoms with van der Waals surface area (Å²) in [6, 6.07) is 7.79. The number of sulfonamides is 1. The molecule has 1 aliphatic rings. The molecule has 1 fully saturated rings. The first kappa shape index (κ1) is 22.5.